The first-order valence-corrected chi connectivity index (χ1v) is 10.6. The number of hydrogen-bond donors (Lipinski definition) is 4. The van der Waals surface area contributed by atoms with Gasteiger partial charge in [-0.1, -0.05) is 5.16 Å². The number of primary amides is 1. The van der Waals surface area contributed by atoms with Crippen molar-refractivity contribution >= 4 is 38.3 Å². The fourth-order valence-corrected chi connectivity index (χ4v) is 4.82. The van der Waals surface area contributed by atoms with E-state index in [1.54, 1.807) is 17.6 Å². The minimum atomic E-state index is -3.99. The number of nitrogens with zero attached hydrogens (tertiary/aromatic N) is 2. The van der Waals surface area contributed by atoms with Gasteiger partial charge in [0.2, 0.25) is 15.9 Å². The Bertz CT molecular complexity index is 1160. The smallest absolute Gasteiger partial charge is 0.265 e. The molecule has 0 unspecified atom stereocenters. The Balaban J connectivity index is 1.68. The third kappa shape index (κ3) is 4.36. The number of nitrogens with two attached hydrogens (primary N) is 1. The van der Waals surface area contributed by atoms with Crippen molar-refractivity contribution in [1.82, 2.24) is 19.8 Å². The van der Waals surface area contributed by atoms with E-state index in [1.807, 2.05) is 0 Å². The van der Waals surface area contributed by atoms with Crippen LogP contribution in [0.5, 0.6) is 0 Å². The molecule has 13 heteroatoms. The summed E-state index contributed by atoms with van der Waals surface area (Å²) >= 11 is 1.15. The average molecular weight is 438 g/mol. The molecule has 0 aliphatic heterocycles. The fraction of sp³-hybridized carbons (Fsp3) is 0.250. The number of nitrogens with one attached hydrogen (secondary N) is 3. The molecule has 3 rings (SSSR count). The zero-order chi connectivity index (χ0) is 21.3. The summed E-state index contributed by atoms with van der Waals surface area (Å²) < 4.78 is 32.2. The summed E-state index contributed by atoms with van der Waals surface area (Å²) in [4.78, 5) is 30.5. The summed E-state index contributed by atoms with van der Waals surface area (Å²) in [6, 6.07) is 0.471. The summed E-state index contributed by atoms with van der Waals surface area (Å²) in [6.07, 6.45) is 1.57. The van der Waals surface area contributed by atoms with Crippen LogP contribution in [0.4, 0.5) is 5.13 Å². The van der Waals surface area contributed by atoms with Crippen molar-refractivity contribution in [2.75, 3.05) is 5.32 Å². The predicted molar refractivity (Wildman–Crippen MR) is 105 cm³/mol. The number of rotatable bonds is 7. The number of aromatic amines is 1. The Hall–Kier alpha value is -3.03. The number of carbonyl (C=O) groups excluding carboxylic acids is 2. The van der Waals surface area contributed by atoms with Gasteiger partial charge in [0.25, 0.3) is 5.91 Å². The number of amides is 2. The molecule has 0 bridgehead atoms. The van der Waals surface area contributed by atoms with Gasteiger partial charge in [-0.3, -0.25) is 9.59 Å². The van der Waals surface area contributed by atoms with E-state index in [0.29, 0.717) is 11.3 Å². The molecule has 29 heavy (non-hydrogen) atoms. The maximum atomic E-state index is 12.5. The van der Waals surface area contributed by atoms with Crippen LogP contribution in [-0.4, -0.2) is 41.4 Å². The number of hydrogen-bond acceptors (Lipinski definition) is 8. The lowest BCUT2D eigenvalue weighted by atomic mass is 10.2. The normalized spacial score (nSPS) is 12.7. The van der Waals surface area contributed by atoms with Gasteiger partial charge in [0.1, 0.15) is 16.3 Å². The summed E-state index contributed by atoms with van der Waals surface area (Å²) in [5.41, 5.74) is 6.80. The Morgan fingerprint density at radius 3 is 2.66 bits per heavy atom. The first-order chi connectivity index (χ1) is 13.6. The van der Waals surface area contributed by atoms with Crippen LogP contribution < -0.4 is 15.8 Å². The monoisotopic (exact) mass is 438 g/mol. The summed E-state index contributed by atoms with van der Waals surface area (Å²) in [7, 11) is -3.99. The van der Waals surface area contributed by atoms with E-state index in [4.69, 9.17) is 10.3 Å². The van der Waals surface area contributed by atoms with Crippen molar-refractivity contribution in [2.24, 2.45) is 5.73 Å². The van der Waals surface area contributed by atoms with Crippen molar-refractivity contribution in [3.8, 4) is 11.3 Å². The molecule has 5 N–H and O–H groups in total. The third-order valence-corrected chi connectivity index (χ3v) is 6.48. The van der Waals surface area contributed by atoms with E-state index < -0.39 is 27.9 Å². The SMILES string of the molecule is Cc1noc(C)c1S(=O)(=O)N[C@@H](C)C(=O)Nc1nc(-c2c[nH]c(C(N)=O)c2)cs1. The maximum absolute atomic E-state index is 12.5. The van der Waals surface area contributed by atoms with Crippen LogP contribution in [0.3, 0.4) is 0 Å². The molecule has 0 radical (unpaired) electrons. The largest absolute Gasteiger partial charge is 0.364 e. The number of anilines is 1. The van der Waals surface area contributed by atoms with Crippen LogP contribution in [0, 0.1) is 13.8 Å². The Kier molecular flexibility index (Phi) is 5.55. The minimum Gasteiger partial charge on any atom is -0.364 e. The second-order valence-electron chi connectivity index (χ2n) is 6.19. The molecule has 3 aromatic rings. The zero-order valence-corrected chi connectivity index (χ0v) is 17.3. The van der Waals surface area contributed by atoms with Crippen LogP contribution >= 0.6 is 11.3 Å². The molecule has 3 aromatic heterocycles. The van der Waals surface area contributed by atoms with Gasteiger partial charge in [-0.15, -0.1) is 11.3 Å². The molecule has 0 aliphatic carbocycles. The van der Waals surface area contributed by atoms with Crippen molar-refractivity contribution in [3.05, 3.63) is 34.8 Å². The highest BCUT2D eigenvalue weighted by Gasteiger charge is 2.28. The van der Waals surface area contributed by atoms with E-state index in [9.17, 15) is 18.0 Å². The number of H-pyrrole nitrogens is 1. The second-order valence-corrected chi connectivity index (χ2v) is 8.70. The molecule has 0 saturated carbocycles. The molecule has 0 fully saturated rings. The molecule has 0 saturated heterocycles. The summed E-state index contributed by atoms with van der Waals surface area (Å²) in [5.74, 6) is -1.05. The molecular formula is C16H18N6O5S2. The molecule has 1 atom stereocenters. The van der Waals surface area contributed by atoms with E-state index in [2.05, 4.69) is 25.2 Å². The summed E-state index contributed by atoms with van der Waals surface area (Å²) in [5, 5.41) is 8.13. The van der Waals surface area contributed by atoms with Gasteiger partial charge in [-0.05, 0) is 26.8 Å². The lowest BCUT2D eigenvalue weighted by molar-refractivity contribution is -0.117. The van der Waals surface area contributed by atoms with Crippen molar-refractivity contribution < 1.29 is 22.5 Å². The molecule has 0 spiro atoms. The number of aryl methyl sites for hydroxylation is 2. The van der Waals surface area contributed by atoms with E-state index in [0.717, 1.165) is 11.3 Å². The van der Waals surface area contributed by atoms with Gasteiger partial charge in [0.05, 0.1) is 11.7 Å². The molecule has 0 aromatic carbocycles. The first-order valence-electron chi connectivity index (χ1n) is 8.28. The Morgan fingerprint density at radius 2 is 2.07 bits per heavy atom. The van der Waals surface area contributed by atoms with Gasteiger partial charge in [-0.2, -0.15) is 4.72 Å². The van der Waals surface area contributed by atoms with Crippen molar-refractivity contribution in [2.45, 2.75) is 31.7 Å². The number of carbonyl (C=O) groups is 2. The van der Waals surface area contributed by atoms with Crippen LogP contribution in [0.15, 0.2) is 27.1 Å². The average Bonchev–Trinajstić information content (AvgIpc) is 3.34. The highest BCUT2D eigenvalue weighted by atomic mass is 32.2. The predicted octanol–water partition coefficient (Wildman–Crippen LogP) is 1.15. The van der Waals surface area contributed by atoms with Crippen LogP contribution in [0.25, 0.3) is 11.3 Å². The maximum Gasteiger partial charge on any atom is 0.265 e. The molecule has 3 heterocycles. The molecule has 0 aliphatic rings. The second kappa shape index (κ2) is 7.77. The molecular weight excluding hydrogens is 420 g/mol. The topological polar surface area (TPSA) is 173 Å². The highest BCUT2D eigenvalue weighted by Crippen LogP contribution is 2.25. The van der Waals surface area contributed by atoms with Gasteiger partial charge < -0.3 is 20.6 Å². The molecule has 154 valence electrons. The van der Waals surface area contributed by atoms with Crippen molar-refractivity contribution in [3.63, 3.8) is 0 Å². The quantitative estimate of drug-likeness (QED) is 0.428. The number of sulfonamides is 1. The van der Waals surface area contributed by atoms with E-state index in [1.165, 1.54) is 20.8 Å². The fourth-order valence-electron chi connectivity index (χ4n) is 2.57. The van der Waals surface area contributed by atoms with Crippen LogP contribution in [0.1, 0.15) is 28.9 Å². The van der Waals surface area contributed by atoms with Crippen molar-refractivity contribution in [1.29, 1.82) is 0 Å². The molecule has 11 nitrogen and oxygen atoms in total. The van der Waals surface area contributed by atoms with Crippen LogP contribution in [-0.2, 0) is 14.8 Å². The van der Waals surface area contributed by atoms with Crippen LogP contribution in [0.2, 0.25) is 0 Å². The Labute approximate surface area is 169 Å². The zero-order valence-electron chi connectivity index (χ0n) is 15.6. The minimum absolute atomic E-state index is 0.0913. The highest BCUT2D eigenvalue weighted by molar-refractivity contribution is 7.89. The standard InChI is InChI=1S/C16H18N6O5S2/c1-7-13(9(3)27-21-7)29(25,26)22-8(2)15(24)20-16-19-12(6-28-16)10-4-11(14(17)23)18-5-10/h4-6,8,18,22H,1-3H3,(H2,17,23)(H,19,20,24)/t8-/m0/s1. The third-order valence-electron chi connectivity index (χ3n) is 3.94. The molecule has 2 amide bonds. The van der Waals surface area contributed by atoms with Gasteiger partial charge in [-0.25, -0.2) is 13.4 Å². The summed E-state index contributed by atoms with van der Waals surface area (Å²) in [6.45, 7) is 4.38. The first kappa shape index (κ1) is 20.7. The van der Waals surface area contributed by atoms with Gasteiger partial charge >= 0.3 is 0 Å². The number of thiazole rings is 1. The van der Waals surface area contributed by atoms with E-state index in [-0.39, 0.29) is 27.2 Å². The van der Waals surface area contributed by atoms with Gasteiger partial charge in [0.15, 0.2) is 10.9 Å². The number of aromatic nitrogens is 3. The van der Waals surface area contributed by atoms with Gasteiger partial charge in [0, 0.05) is 17.1 Å². The lowest BCUT2D eigenvalue weighted by Gasteiger charge is -2.13. The lowest BCUT2D eigenvalue weighted by Crippen LogP contribution is -2.41. The van der Waals surface area contributed by atoms with E-state index >= 15 is 0 Å². The Morgan fingerprint density at radius 1 is 1.34 bits per heavy atom.